The molecule has 0 spiro atoms. The van der Waals surface area contributed by atoms with E-state index in [-0.39, 0.29) is 0 Å². The molecule has 0 saturated carbocycles. The molecule has 1 heterocycles. The molecule has 21 heavy (non-hydrogen) atoms. The predicted octanol–water partition coefficient (Wildman–Crippen LogP) is 5.42. The molecule has 0 N–H and O–H groups in total. The highest BCUT2D eigenvalue weighted by atomic mass is 35.5. The van der Waals surface area contributed by atoms with Crippen LogP contribution < -0.4 is 0 Å². The molecule has 2 nitrogen and oxygen atoms in total. The van der Waals surface area contributed by atoms with Crippen molar-refractivity contribution in [2.75, 3.05) is 5.88 Å². The van der Waals surface area contributed by atoms with Crippen LogP contribution in [0.1, 0.15) is 11.4 Å². The van der Waals surface area contributed by atoms with Crippen molar-refractivity contribution in [2.45, 2.75) is 13.3 Å². The molecule has 0 bridgehead atoms. The molecule has 0 radical (unpaired) electrons. The lowest BCUT2D eigenvalue weighted by molar-refractivity contribution is 0.907. The Kier molecular flexibility index (Phi) is 4.12. The summed E-state index contributed by atoms with van der Waals surface area (Å²) in [5, 5.41) is 1.32. The Morgan fingerprint density at radius 1 is 1.05 bits per heavy atom. The molecule has 0 fully saturated rings. The Morgan fingerprint density at radius 2 is 1.76 bits per heavy atom. The first kappa shape index (κ1) is 14.7. The van der Waals surface area contributed by atoms with Gasteiger partial charge in [0, 0.05) is 12.3 Å². The van der Waals surface area contributed by atoms with Crippen molar-refractivity contribution in [2.24, 2.45) is 0 Å². The lowest BCUT2D eigenvalue weighted by atomic mass is 10.2. The molecule has 0 aliphatic carbocycles. The Labute approximate surface area is 138 Å². The number of benzene rings is 2. The lowest BCUT2D eigenvalue weighted by Crippen LogP contribution is -2.04. The Balaban J connectivity index is 2.40. The number of hydrogen-bond acceptors (Lipinski definition) is 1. The van der Waals surface area contributed by atoms with E-state index in [4.69, 9.17) is 34.8 Å². The van der Waals surface area contributed by atoms with Crippen LogP contribution in [0.2, 0.25) is 10.0 Å². The van der Waals surface area contributed by atoms with Gasteiger partial charge in [-0.3, -0.25) is 4.57 Å². The largest absolute Gasteiger partial charge is 0.294 e. The standard InChI is InChI=1S/C16H13Cl3N2/c1-10-4-2-6-12(19)16(10)21-13-7-3-5-11(18)15(13)20-14(21)8-9-17/h2-7H,8-9H2,1H3. The smallest absolute Gasteiger partial charge is 0.115 e. The number of fused-ring (bicyclic) bond motifs is 1. The van der Waals surface area contributed by atoms with Gasteiger partial charge in [0.25, 0.3) is 0 Å². The van der Waals surface area contributed by atoms with Crippen molar-refractivity contribution in [3.8, 4) is 5.69 Å². The SMILES string of the molecule is Cc1cccc(Cl)c1-n1c(CCCl)nc2c(Cl)cccc21. The molecule has 3 aromatic rings. The summed E-state index contributed by atoms with van der Waals surface area (Å²) >= 11 is 18.6. The summed E-state index contributed by atoms with van der Waals surface area (Å²) in [6.45, 7) is 2.03. The number of hydrogen-bond donors (Lipinski definition) is 0. The summed E-state index contributed by atoms with van der Waals surface area (Å²) in [5.74, 6) is 1.36. The molecule has 1 aromatic heterocycles. The minimum absolute atomic E-state index is 0.491. The monoisotopic (exact) mass is 338 g/mol. The highest BCUT2D eigenvalue weighted by molar-refractivity contribution is 6.35. The van der Waals surface area contributed by atoms with Gasteiger partial charge in [0.15, 0.2) is 0 Å². The Morgan fingerprint density at radius 3 is 2.48 bits per heavy atom. The number of aromatic nitrogens is 2. The van der Waals surface area contributed by atoms with Crippen LogP contribution in [0.15, 0.2) is 36.4 Å². The third-order valence-electron chi connectivity index (χ3n) is 3.44. The molecule has 0 amide bonds. The molecule has 108 valence electrons. The first-order valence-corrected chi connectivity index (χ1v) is 7.90. The molecular weight excluding hydrogens is 327 g/mol. The zero-order valence-corrected chi connectivity index (χ0v) is 13.7. The highest BCUT2D eigenvalue weighted by Crippen LogP contribution is 2.32. The van der Waals surface area contributed by atoms with Crippen LogP contribution in [0.4, 0.5) is 0 Å². The zero-order valence-electron chi connectivity index (χ0n) is 11.4. The first-order valence-electron chi connectivity index (χ1n) is 6.60. The number of aryl methyl sites for hydroxylation is 2. The summed E-state index contributed by atoms with van der Waals surface area (Å²) in [7, 11) is 0. The predicted molar refractivity (Wildman–Crippen MR) is 90.3 cm³/mol. The molecule has 0 unspecified atom stereocenters. The fraction of sp³-hybridized carbons (Fsp3) is 0.188. The topological polar surface area (TPSA) is 17.8 Å². The van der Waals surface area contributed by atoms with Gasteiger partial charge < -0.3 is 0 Å². The van der Waals surface area contributed by atoms with Crippen LogP contribution in [0, 0.1) is 6.92 Å². The maximum absolute atomic E-state index is 6.42. The highest BCUT2D eigenvalue weighted by Gasteiger charge is 2.17. The third kappa shape index (κ3) is 2.52. The number of para-hydroxylation sites is 2. The van der Waals surface area contributed by atoms with E-state index in [9.17, 15) is 0 Å². The Hall–Kier alpha value is -1.22. The summed E-state index contributed by atoms with van der Waals surface area (Å²) in [5.41, 5.74) is 3.74. The second-order valence-corrected chi connectivity index (χ2v) is 6.01. The summed E-state index contributed by atoms with van der Waals surface area (Å²) in [6, 6.07) is 11.6. The number of imidazole rings is 1. The van der Waals surface area contributed by atoms with E-state index in [1.807, 2.05) is 43.3 Å². The molecule has 0 aliphatic rings. The zero-order chi connectivity index (χ0) is 15.0. The number of halogens is 3. The fourth-order valence-corrected chi connectivity index (χ4v) is 3.21. The third-order valence-corrected chi connectivity index (χ3v) is 4.23. The van der Waals surface area contributed by atoms with E-state index in [1.165, 1.54) is 0 Å². The molecule has 3 rings (SSSR count). The van der Waals surface area contributed by atoms with Crippen LogP contribution in [-0.4, -0.2) is 15.4 Å². The van der Waals surface area contributed by atoms with Crippen molar-refractivity contribution >= 4 is 45.8 Å². The average molecular weight is 340 g/mol. The van der Waals surface area contributed by atoms with Gasteiger partial charge in [0.1, 0.15) is 11.3 Å². The van der Waals surface area contributed by atoms with E-state index in [1.54, 1.807) is 0 Å². The van der Waals surface area contributed by atoms with E-state index in [0.717, 1.165) is 28.1 Å². The van der Waals surface area contributed by atoms with Gasteiger partial charge in [-0.05, 0) is 30.7 Å². The Bertz CT molecular complexity index is 788. The van der Waals surface area contributed by atoms with E-state index in [2.05, 4.69) is 9.55 Å². The fourth-order valence-electron chi connectivity index (χ4n) is 2.52. The van der Waals surface area contributed by atoms with Crippen molar-refractivity contribution in [3.05, 3.63) is 57.8 Å². The first-order chi connectivity index (χ1) is 10.1. The van der Waals surface area contributed by atoms with E-state index in [0.29, 0.717) is 22.3 Å². The van der Waals surface area contributed by atoms with Crippen LogP contribution in [-0.2, 0) is 6.42 Å². The molecule has 2 aromatic carbocycles. The van der Waals surface area contributed by atoms with Gasteiger partial charge in [0.05, 0.1) is 21.2 Å². The minimum Gasteiger partial charge on any atom is -0.294 e. The second kappa shape index (κ2) is 5.88. The average Bonchev–Trinajstić information content (AvgIpc) is 2.80. The molecule has 0 aliphatic heterocycles. The van der Waals surface area contributed by atoms with Crippen LogP contribution >= 0.6 is 34.8 Å². The van der Waals surface area contributed by atoms with Crippen LogP contribution in [0.3, 0.4) is 0 Å². The van der Waals surface area contributed by atoms with Gasteiger partial charge in [-0.15, -0.1) is 11.6 Å². The van der Waals surface area contributed by atoms with Gasteiger partial charge in [-0.2, -0.15) is 0 Å². The van der Waals surface area contributed by atoms with Crippen LogP contribution in [0.5, 0.6) is 0 Å². The van der Waals surface area contributed by atoms with Crippen molar-refractivity contribution < 1.29 is 0 Å². The molecular formula is C16H13Cl3N2. The number of nitrogens with zero attached hydrogens (tertiary/aromatic N) is 2. The van der Waals surface area contributed by atoms with Gasteiger partial charge in [-0.25, -0.2) is 4.98 Å². The summed E-state index contributed by atoms with van der Waals surface area (Å²) < 4.78 is 2.06. The van der Waals surface area contributed by atoms with Crippen molar-refractivity contribution in [1.29, 1.82) is 0 Å². The number of alkyl halides is 1. The van der Waals surface area contributed by atoms with E-state index >= 15 is 0 Å². The van der Waals surface area contributed by atoms with Crippen molar-refractivity contribution in [3.63, 3.8) is 0 Å². The minimum atomic E-state index is 0.491. The quantitative estimate of drug-likeness (QED) is 0.582. The summed E-state index contributed by atoms with van der Waals surface area (Å²) in [4.78, 5) is 4.65. The van der Waals surface area contributed by atoms with Crippen molar-refractivity contribution in [1.82, 2.24) is 9.55 Å². The summed E-state index contributed by atoms with van der Waals surface area (Å²) in [6.07, 6.45) is 0.650. The molecule has 0 saturated heterocycles. The number of rotatable bonds is 3. The van der Waals surface area contributed by atoms with Gasteiger partial charge in [-0.1, -0.05) is 41.4 Å². The maximum Gasteiger partial charge on any atom is 0.115 e. The molecule has 0 atom stereocenters. The second-order valence-electron chi connectivity index (χ2n) is 4.82. The van der Waals surface area contributed by atoms with Gasteiger partial charge in [0.2, 0.25) is 0 Å². The van der Waals surface area contributed by atoms with Crippen LogP contribution in [0.25, 0.3) is 16.7 Å². The molecule has 5 heteroatoms. The lowest BCUT2D eigenvalue weighted by Gasteiger charge is -2.13. The van der Waals surface area contributed by atoms with E-state index < -0.39 is 0 Å². The van der Waals surface area contributed by atoms with Gasteiger partial charge >= 0.3 is 0 Å². The normalized spacial score (nSPS) is 11.2. The maximum atomic E-state index is 6.42.